The highest BCUT2D eigenvalue weighted by molar-refractivity contribution is 9.10. The summed E-state index contributed by atoms with van der Waals surface area (Å²) in [6.45, 7) is 0. The molecule has 0 aromatic heterocycles. The zero-order valence-electron chi connectivity index (χ0n) is 9.57. The summed E-state index contributed by atoms with van der Waals surface area (Å²) < 4.78 is 44.7. The fraction of sp³-hybridized carbons (Fsp3) is 0. The van der Waals surface area contributed by atoms with Crippen molar-refractivity contribution < 1.29 is 22.8 Å². The molecular weight excluding hydrogens is 343 g/mol. The Morgan fingerprint density at radius 1 is 1.05 bits per heavy atom. The van der Waals surface area contributed by atoms with Gasteiger partial charge < -0.3 is 4.74 Å². The lowest BCUT2D eigenvalue weighted by Crippen LogP contribution is -1.98. The van der Waals surface area contributed by atoms with Gasteiger partial charge in [0.1, 0.15) is 17.4 Å². The van der Waals surface area contributed by atoms with E-state index in [9.17, 15) is 23.3 Å². The van der Waals surface area contributed by atoms with E-state index in [0.29, 0.717) is 12.1 Å². The van der Waals surface area contributed by atoms with Gasteiger partial charge in [-0.1, -0.05) is 0 Å². The summed E-state index contributed by atoms with van der Waals surface area (Å²) in [5.74, 6) is -3.58. The van der Waals surface area contributed by atoms with E-state index >= 15 is 0 Å². The molecule has 0 aliphatic heterocycles. The highest BCUT2D eigenvalue weighted by atomic mass is 79.9. The summed E-state index contributed by atoms with van der Waals surface area (Å²) in [5, 5.41) is 10.8. The van der Waals surface area contributed by atoms with Gasteiger partial charge in [-0.3, -0.25) is 10.1 Å². The number of nitrogens with zero attached hydrogens (tertiary/aromatic N) is 1. The number of benzene rings is 2. The highest BCUT2D eigenvalue weighted by Gasteiger charge is 2.24. The first-order chi connectivity index (χ1) is 9.38. The Morgan fingerprint density at radius 3 is 2.35 bits per heavy atom. The van der Waals surface area contributed by atoms with Gasteiger partial charge in [-0.2, -0.15) is 4.39 Å². The van der Waals surface area contributed by atoms with Gasteiger partial charge in [-0.15, -0.1) is 0 Å². The van der Waals surface area contributed by atoms with Crippen LogP contribution in [-0.4, -0.2) is 4.92 Å². The lowest BCUT2D eigenvalue weighted by Gasteiger charge is -2.08. The third kappa shape index (κ3) is 2.90. The van der Waals surface area contributed by atoms with Gasteiger partial charge in [0.15, 0.2) is 0 Å². The molecule has 8 heteroatoms. The average Bonchev–Trinajstić information content (AvgIpc) is 2.31. The van der Waals surface area contributed by atoms with E-state index in [0.717, 1.165) is 12.1 Å². The second-order valence-corrected chi connectivity index (χ2v) is 4.52. The monoisotopic (exact) mass is 347 g/mol. The maximum absolute atomic E-state index is 13.4. The molecule has 2 rings (SSSR count). The molecule has 0 fully saturated rings. The van der Waals surface area contributed by atoms with Crippen LogP contribution in [0.2, 0.25) is 0 Å². The first kappa shape index (κ1) is 14.3. The number of ether oxygens (including phenoxy) is 1. The first-order valence-electron chi connectivity index (χ1n) is 5.15. The summed E-state index contributed by atoms with van der Waals surface area (Å²) >= 11 is 2.98. The molecule has 104 valence electrons. The van der Waals surface area contributed by atoms with Crippen molar-refractivity contribution in [1.29, 1.82) is 0 Å². The number of hydrogen-bond acceptors (Lipinski definition) is 3. The van der Waals surface area contributed by atoms with Crippen LogP contribution in [0, 0.1) is 27.6 Å². The molecule has 0 aliphatic rings. The third-order valence-electron chi connectivity index (χ3n) is 2.29. The maximum atomic E-state index is 13.4. The maximum Gasteiger partial charge on any atom is 0.347 e. The van der Waals surface area contributed by atoms with Gasteiger partial charge in [0.2, 0.25) is 11.6 Å². The quantitative estimate of drug-likeness (QED) is 0.603. The highest BCUT2D eigenvalue weighted by Crippen LogP contribution is 2.37. The van der Waals surface area contributed by atoms with E-state index in [-0.39, 0.29) is 10.2 Å². The molecule has 0 saturated carbocycles. The third-order valence-corrected chi connectivity index (χ3v) is 2.91. The minimum Gasteiger partial charge on any atom is -0.449 e. The van der Waals surface area contributed by atoms with Gasteiger partial charge in [-0.25, -0.2) is 8.78 Å². The summed E-state index contributed by atoms with van der Waals surface area (Å²) in [6.07, 6.45) is 0. The first-order valence-corrected chi connectivity index (χ1v) is 5.94. The molecule has 0 amide bonds. The Labute approximate surface area is 119 Å². The van der Waals surface area contributed by atoms with Crippen LogP contribution in [0.25, 0.3) is 0 Å². The number of nitro benzene ring substituents is 1. The minimum atomic E-state index is -1.36. The molecule has 0 bridgehead atoms. The van der Waals surface area contributed by atoms with Crippen molar-refractivity contribution in [2.45, 2.75) is 0 Å². The molecule has 0 spiro atoms. The van der Waals surface area contributed by atoms with E-state index in [2.05, 4.69) is 15.9 Å². The van der Waals surface area contributed by atoms with Crippen LogP contribution in [0.1, 0.15) is 0 Å². The smallest absolute Gasteiger partial charge is 0.347 e. The van der Waals surface area contributed by atoms with Crippen molar-refractivity contribution in [3.8, 4) is 11.5 Å². The van der Waals surface area contributed by atoms with Crippen LogP contribution in [0.15, 0.2) is 34.8 Å². The predicted molar refractivity (Wildman–Crippen MR) is 67.2 cm³/mol. The summed E-state index contributed by atoms with van der Waals surface area (Å²) in [4.78, 5) is 9.75. The topological polar surface area (TPSA) is 52.4 Å². The van der Waals surface area contributed by atoms with Crippen molar-refractivity contribution >= 4 is 21.6 Å². The van der Waals surface area contributed by atoms with Crippen LogP contribution < -0.4 is 4.74 Å². The Kier molecular flexibility index (Phi) is 3.93. The molecule has 0 heterocycles. The fourth-order valence-corrected chi connectivity index (χ4v) is 1.91. The van der Waals surface area contributed by atoms with E-state index in [1.54, 1.807) is 0 Å². The van der Waals surface area contributed by atoms with Gasteiger partial charge >= 0.3 is 5.69 Å². The molecule has 2 aromatic carbocycles. The van der Waals surface area contributed by atoms with Crippen molar-refractivity contribution in [1.82, 2.24) is 0 Å². The SMILES string of the molecule is O=[N+]([O-])c1c(F)cc(F)cc1Oc1ccc(F)cc1Br. The zero-order chi connectivity index (χ0) is 14.9. The zero-order valence-corrected chi connectivity index (χ0v) is 11.2. The average molecular weight is 348 g/mol. The Bertz CT molecular complexity index is 694. The van der Waals surface area contributed by atoms with Crippen LogP contribution in [0.4, 0.5) is 18.9 Å². The normalized spacial score (nSPS) is 10.4. The fourth-order valence-electron chi connectivity index (χ4n) is 1.47. The standard InChI is InChI=1S/C12H5BrF3NO3/c13-8-3-6(14)1-2-10(8)20-11-5-7(15)4-9(16)12(11)17(18)19/h1-5H. The Hall–Kier alpha value is -2.09. The molecular formula is C12H5BrF3NO3. The van der Waals surface area contributed by atoms with Crippen molar-refractivity contribution in [3.63, 3.8) is 0 Å². The number of nitro groups is 1. The molecule has 0 N–H and O–H groups in total. The van der Waals surface area contributed by atoms with Gasteiger partial charge in [0, 0.05) is 12.1 Å². The molecule has 0 atom stereocenters. The van der Waals surface area contributed by atoms with E-state index in [1.165, 1.54) is 6.07 Å². The predicted octanol–water partition coefficient (Wildman–Crippen LogP) is 4.57. The van der Waals surface area contributed by atoms with Gasteiger partial charge in [0.25, 0.3) is 0 Å². The summed E-state index contributed by atoms with van der Waals surface area (Å²) in [7, 11) is 0. The summed E-state index contributed by atoms with van der Waals surface area (Å²) in [6, 6.07) is 4.33. The van der Waals surface area contributed by atoms with Crippen molar-refractivity contribution in [2.75, 3.05) is 0 Å². The number of rotatable bonds is 3. The van der Waals surface area contributed by atoms with Crippen LogP contribution >= 0.6 is 15.9 Å². The molecule has 20 heavy (non-hydrogen) atoms. The minimum absolute atomic E-state index is 0.0144. The Morgan fingerprint density at radius 2 is 1.75 bits per heavy atom. The largest absolute Gasteiger partial charge is 0.449 e. The van der Waals surface area contributed by atoms with Gasteiger partial charge in [0.05, 0.1) is 9.40 Å². The summed E-state index contributed by atoms with van der Waals surface area (Å²) in [5.41, 5.74) is -0.998. The molecule has 4 nitrogen and oxygen atoms in total. The second kappa shape index (κ2) is 5.49. The molecule has 0 saturated heterocycles. The molecule has 0 aliphatic carbocycles. The lowest BCUT2D eigenvalue weighted by atomic mass is 10.2. The van der Waals surface area contributed by atoms with Crippen molar-refractivity contribution in [2.24, 2.45) is 0 Å². The Balaban J connectivity index is 2.50. The number of hydrogen-bond donors (Lipinski definition) is 0. The molecule has 0 radical (unpaired) electrons. The van der Waals surface area contributed by atoms with Crippen molar-refractivity contribution in [3.05, 3.63) is 62.4 Å². The lowest BCUT2D eigenvalue weighted by molar-refractivity contribution is -0.388. The van der Waals surface area contributed by atoms with Gasteiger partial charge in [-0.05, 0) is 34.1 Å². The van der Waals surface area contributed by atoms with E-state index < -0.39 is 33.8 Å². The number of halogens is 4. The van der Waals surface area contributed by atoms with Crippen LogP contribution in [-0.2, 0) is 0 Å². The second-order valence-electron chi connectivity index (χ2n) is 3.67. The van der Waals surface area contributed by atoms with E-state index in [1.807, 2.05) is 0 Å². The van der Waals surface area contributed by atoms with Crippen LogP contribution in [0.3, 0.4) is 0 Å². The molecule has 2 aromatic rings. The van der Waals surface area contributed by atoms with Crippen LogP contribution in [0.5, 0.6) is 11.5 Å². The van der Waals surface area contributed by atoms with E-state index in [4.69, 9.17) is 4.74 Å². The molecule has 0 unspecified atom stereocenters.